The number of nitrogen functional groups attached to an aromatic ring is 2. The molecule has 0 unspecified atom stereocenters. The number of nitrogens with two attached hydrogens (primary N) is 2. The minimum Gasteiger partial charge on any atom is -0.369 e. The summed E-state index contributed by atoms with van der Waals surface area (Å²) in [5, 5.41) is 0. The molecule has 0 aliphatic rings. The number of para-hydroxylation sites is 1. The number of fused-ring (bicyclic) bond motifs is 1. The molecule has 7 nitrogen and oxygen atoms in total. The molecule has 0 aliphatic heterocycles. The van der Waals surface area contributed by atoms with Gasteiger partial charge in [0.1, 0.15) is 0 Å². The molecule has 2 aromatic heterocycles. The van der Waals surface area contributed by atoms with Gasteiger partial charge in [-0.15, -0.1) is 0 Å². The van der Waals surface area contributed by atoms with Crippen molar-refractivity contribution in [3.63, 3.8) is 0 Å². The maximum absolute atomic E-state index is 11.7. The van der Waals surface area contributed by atoms with Crippen molar-refractivity contribution in [3.8, 4) is 5.69 Å². The van der Waals surface area contributed by atoms with Crippen molar-refractivity contribution in [3.05, 3.63) is 40.7 Å². The molecular formula is C11H10N6O. The van der Waals surface area contributed by atoms with Crippen LogP contribution in [0.1, 0.15) is 0 Å². The Morgan fingerprint density at radius 2 is 1.83 bits per heavy atom. The molecule has 7 heteroatoms. The van der Waals surface area contributed by atoms with Crippen molar-refractivity contribution in [2.24, 2.45) is 0 Å². The molecule has 5 N–H and O–H groups in total. The molecule has 0 atom stereocenters. The fourth-order valence-corrected chi connectivity index (χ4v) is 1.83. The Balaban J connectivity index is 2.43. The lowest BCUT2D eigenvalue weighted by molar-refractivity contribution is 1.07. The van der Waals surface area contributed by atoms with E-state index in [4.69, 9.17) is 11.5 Å². The summed E-state index contributed by atoms with van der Waals surface area (Å²) < 4.78 is 1.58. The van der Waals surface area contributed by atoms with E-state index in [1.54, 1.807) is 4.57 Å². The molecule has 1 aromatic carbocycles. The Bertz CT molecular complexity index is 773. The highest BCUT2D eigenvalue weighted by molar-refractivity contribution is 5.76. The second-order valence-corrected chi connectivity index (χ2v) is 3.76. The highest BCUT2D eigenvalue weighted by Crippen LogP contribution is 2.19. The van der Waals surface area contributed by atoms with Crippen molar-refractivity contribution in [2.45, 2.75) is 0 Å². The smallest absolute Gasteiger partial charge is 0.280 e. The fourth-order valence-electron chi connectivity index (χ4n) is 1.83. The van der Waals surface area contributed by atoms with Crippen molar-refractivity contribution >= 4 is 23.1 Å². The molecule has 0 aliphatic carbocycles. The molecule has 90 valence electrons. The largest absolute Gasteiger partial charge is 0.369 e. The Morgan fingerprint density at radius 3 is 2.56 bits per heavy atom. The van der Waals surface area contributed by atoms with E-state index in [1.165, 1.54) is 0 Å². The van der Waals surface area contributed by atoms with Crippen LogP contribution in [0.25, 0.3) is 16.9 Å². The number of imidazole rings is 1. The lowest BCUT2D eigenvalue weighted by atomic mass is 10.3. The van der Waals surface area contributed by atoms with E-state index in [2.05, 4.69) is 15.0 Å². The number of anilines is 2. The number of aromatic nitrogens is 4. The van der Waals surface area contributed by atoms with Crippen LogP contribution in [-0.4, -0.2) is 19.5 Å². The molecule has 0 saturated heterocycles. The molecular weight excluding hydrogens is 232 g/mol. The lowest BCUT2D eigenvalue weighted by Crippen LogP contribution is -2.12. The third-order valence-electron chi connectivity index (χ3n) is 2.58. The van der Waals surface area contributed by atoms with Crippen LogP contribution < -0.4 is 17.0 Å². The summed E-state index contributed by atoms with van der Waals surface area (Å²) in [5.41, 5.74) is 12.2. The summed E-state index contributed by atoms with van der Waals surface area (Å²) in [5.74, 6) is 0.226. The molecule has 3 rings (SSSR count). The van der Waals surface area contributed by atoms with Crippen molar-refractivity contribution < 1.29 is 0 Å². The van der Waals surface area contributed by atoms with Crippen molar-refractivity contribution in [2.75, 3.05) is 11.5 Å². The summed E-state index contributed by atoms with van der Waals surface area (Å²) in [6, 6.07) is 9.29. The quantitative estimate of drug-likeness (QED) is 0.566. The third-order valence-corrected chi connectivity index (χ3v) is 2.58. The van der Waals surface area contributed by atoms with Crippen LogP contribution in [0.3, 0.4) is 0 Å². The molecule has 0 saturated carbocycles. The van der Waals surface area contributed by atoms with E-state index in [0.717, 1.165) is 5.69 Å². The van der Waals surface area contributed by atoms with E-state index in [0.29, 0.717) is 5.65 Å². The SMILES string of the molecule is Nc1nc2c(nc(N)n2-c2ccccc2)c(=O)[nH]1. The monoisotopic (exact) mass is 242 g/mol. The van der Waals surface area contributed by atoms with Gasteiger partial charge in [0.25, 0.3) is 5.56 Å². The van der Waals surface area contributed by atoms with Gasteiger partial charge < -0.3 is 11.5 Å². The highest BCUT2D eigenvalue weighted by atomic mass is 16.1. The predicted molar refractivity (Wildman–Crippen MR) is 68.3 cm³/mol. The van der Waals surface area contributed by atoms with Gasteiger partial charge in [0.2, 0.25) is 11.9 Å². The fraction of sp³-hybridized carbons (Fsp3) is 0. The number of H-pyrrole nitrogens is 1. The summed E-state index contributed by atoms with van der Waals surface area (Å²) in [7, 11) is 0. The van der Waals surface area contributed by atoms with Crippen LogP contribution in [0.5, 0.6) is 0 Å². The van der Waals surface area contributed by atoms with Gasteiger partial charge in [-0.2, -0.15) is 4.98 Å². The molecule has 0 bridgehead atoms. The minimum absolute atomic E-state index is 0.0320. The van der Waals surface area contributed by atoms with Gasteiger partial charge in [0.05, 0.1) is 5.69 Å². The number of aromatic amines is 1. The van der Waals surface area contributed by atoms with Crippen LogP contribution in [0.2, 0.25) is 0 Å². The van der Waals surface area contributed by atoms with Gasteiger partial charge in [-0.25, -0.2) is 4.98 Å². The topological polar surface area (TPSA) is 116 Å². The van der Waals surface area contributed by atoms with E-state index in [9.17, 15) is 4.79 Å². The molecule has 0 amide bonds. The van der Waals surface area contributed by atoms with Crippen LogP contribution in [0, 0.1) is 0 Å². The maximum atomic E-state index is 11.7. The Morgan fingerprint density at radius 1 is 1.11 bits per heavy atom. The predicted octanol–water partition coefficient (Wildman–Crippen LogP) is 0.273. The molecule has 2 heterocycles. The second kappa shape index (κ2) is 3.59. The van der Waals surface area contributed by atoms with Gasteiger partial charge in [-0.1, -0.05) is 18.2 Å². The standard InChI is InChI=1S/C11H10N6O/c12-10-15-8-7(9(18)16-10)14-11(13)17(8)6-4-2-1-3-5-6/h1-5H,(H2,13,14)(H3,12,15,16,18). The zero-order valence-corrected chi connectivity index (χ0v) is 9.29. The number of nitrogens with zero attached hydrogens (tertiary/aromatic N) is 3. The first-order valence-electron chi connectivity index (χ1n) is 5.26. The molecule has 18 heavy (non-hydrogen) atoms. The average molecular weight is 242 g/mol. The lowest BCUT2D eigenvalue weighted by Gasteiger charge is -2.04. The van der Waals surface area contributed by atoms with E-state index < -0.39 is 5.56 Å². The number of hydrogen-bond donors (Lipinski definition) is 3. The van der Waals surface area contributed by atoms with Gasteiger partial charge in [0.15, 0.2) is 11.2 Å². The summed E-state index contributed by atoms with van der Waals surface area (Å²) in [6.45, 7) is 0. The second-order valence-electron chi connectivity index (χ2n) is 3.76. The first-order valence-corrected chi connectivity index (χ1v) is 5.26. The van der Waals surface area contributed by atoms with Gasteiger partial charge in [-0.05, 0) is 12.1 Å². The number of hydrogen-bond acceptors (Lipinski definition) is 5. The number of rotatable bonds is 1. The van der Waals surface area contributed by atoms with Crippen LogP contribution in [0.15, 0.2) is 35.1 Å². The first-order chi connectivity index (χ1) is 8.66. The van der Waals surface area contributed by atoms with E-state index >= 15 is 0 Å². The first kappa shape index (κ1) is 10.3. The summed E-state index contributed by atoms with van der Waals surface area (Å²) >= 11 is 0. The number of nitrogens with one attached hydrogen (secondary N) is 1. The molecule has 0 radical (unpaired) electrons. The zero-order valence-electron chi connectivity index (χ0n) is 9.29. The summed E-state index contributed by atoms with van der Waals surface area (Å²) in [6.07, 6.45) is 0. The Labute approximate surface area is 101 Å². The zero-order chi connectivity index (χ0) is 12.7. The van der Waals surface area contributed by atoms with Crippen LogP contribution >= 0.6 is 0 Å². The van der Waals surface area contributed by atoms with Crippen LogP contribution in [-0.2, 0) is 0 Å². The number of benzene rings is 1. The van der Waals surface area contributed by atoms with Crippen molar-refractivity contribution in [1.29, 1.82) is 0 Å². The summed E-state index contributed by atoms with van der Waals surface area (Å²) in [4.78, 5) is 22.2. The minimum atomic E-state index is -0.404. The Hall–Kier alpha value is -2.83. The Kier molecular flexibility index (Phi) is 2.06. The van der Waals surface area contributed by atoms with Crippen LogP contribution in [0.4, 0.5) is 11.9 Å². The highest BCUT2D eigenvalue weighted by Gasteiger charge is 2.14. The molecule has 0 fully saturated rings. The van der Waals surface area contributed by atoms with E-state index in [1.807, 2.05) is 30.3 Å². The van der Waals surface area contributed by atoms with Gasteiger partial charge in [-0.3, -0.25) is 14.3 Å². The normalized spacial score (nSPS) is 10.9. The van der Waals surface area contributed by atoms with Crippen molar-refractivity contribution in [1.82, 2.24) is 19.5 Å². The molecule has 3 aromatic rings. The van der Waals surface area contributed by atoms with E-state index in [-0.39, 0.29) is 17.4 Å². The third kappa shape index (κ3) is 1.41. The maximum Gasteiger partial charge on any atom is 0.280 e. The van der Waals surface area contributed by atoms with Gasteiger partial charge >= 0.3 is 0 Å². The molecule has 0 spiro atoms. The van der Waals surface area contributed by atoms with Gasteiger partial charge in [0, 0.05) is 0 Å². The average Bonchev–Trinajstić information content (AvgIpc) is 2.67.